The molecule has 0 N–H and O–H groups in total. The number of benzene rings is 1. The maximum Gasteiger partial charge on any atom is 0.0649 e. The predicted molar refractivity (Wildman–Crippen MR) is 50.9 cm³/mol. The van der Waals surface area contributed by atoms with E-state index in [1.54, 1.807) is 0 Å². The smallest absolute Gasteiger partial charge is 0.0649 e. The largest absolute Gasteiger partial charge is 0.180 e. The first-order chi connectivity index (χ1) is 5.35. The summed E-state index contributed by atoms with van der Waals surface area (Å²) in [7, 11) is 4.85. The molecule has 0 heterocycles. The molecule has 0 bridgehead atoms. The van der Waals surface area contributed by atoms with Crippen molar-refractivity contribution < 1.29 is 32.7 Å². The van der Waals surface area contributed by atoms with Crippen LogP contribution in [0.1, 0.15) is 19.4 Å². The summed E-state index contributed by atoms with van der Waals surface area (Å²) in [5, 5.41) is 0. The van der Waals surface area contributed by atoms with Gasteiger partial charge in [0.2, 0.25) is 0 Å². The third-order valence-corrected chi connectivity index (χ3v) is 1.15. The Bertz CT molecular complexity index is 163. The summed E-state index contributed by atoms with van der Waals surface area (Å²) < 4.78 is 0. The second kappa shape index (κ2) is 11.4. The quantitative estimate of drug-likeness (QED) is 0.517. The number of hydrogen-bond donors (Lipinski definition) is 0. The van der Waals surface area contributed by atoms with E-state index < -0.39 is 0 Å². The first kappa shape index (κ1) is 14.9. The molecule has 0 aromatic heterocycles. The van der Waals surface area contributed by atoms with E-state index >= 15 is 0 Å². The van der Waals surface area contributed by atoms with Gasteiger partial charge in [0.05, 0.1) is 7.85 Å². The summed E-state index contributed by atoms with van der Waals surface area (Å²) in [5.41, 5.74) is 1.28. The fourth-order valence-corrected chi connectivity index (χ4v) is 0.650. The van der Waals surface area contributed by atoms with Crippen LogP contribution < -0.4 is 0 Å². The molecule has 0 amide bonds. The molecular weight excluding hydrogens is 220 g/mol. The monoisotopic (exact) mass is 234 g/mol. The average molecular weight is 234 g/mol. The van der Waals surface area contributed by atoms with Gasteiger partial charge in [-0.2, -0.15) is 35.9 Å². The Hall–Kier alpha value is 0.389. The molecule has 1 rings (SSSR count). The standard InChI is InChI=1S/C8H9.C2H5B.Y/c1-2-8-6-4-3-5-7-8;1-2-3;/h3-6H,2H2,1H3;2H2,1H3;/q-1;;. The van der Waals surface area contributed by atoms with Gasteiger partial charge in [0.25, 0.3) is 0 Å². The first-order valence-corrected chi connectivity index (χ1v) is 4.00. The fraction of sp³-hybridized carbons (Fsp3) is 0.400. The van der Waals surface area contributed by atoms with E-state index in [0.717, 1.165) is 12.7 Å². The van der Waals surface area contributed by atoms with Gasteiger partial charge < -0.3 is 0 Å². The third kappa shape index (κ3) is 8.49. The molecule has 0 nitrogen and oxygen atoms in total. The molecule has 0 fully saturated rings. The number of hydrogen-bond acceptors (Lipinski definition) is 0. The summed E-state index contributed by atoms with van der Waals surface area (Å²) in [6, 6.07) is 11.2. The Morgan fingerprint density at radius 3 is 2.17 bits per heavy atom. The van der Waals surface area contributed by atoms with Gasteiger partial charge in [0, 0.05) is 32.7 Å². The Morgan fingerprint density at radius 1 is 1.33 bits per heavy atom. The molecule has 0 aliphatic rings. The Labute approximate surface area is 102 Å². The van der Waals surface area contributed by atoms with Crippen LogP contribution in [0.2, 0.25) is 6.32 Å². The molecule has 61 valence electrons. The van der Waals surface area contributed by atoms with Crippen LogP contribution in [0.3, 0.4) is 0 Å². The predicted octanol–water partition coefficient (Wildman–Crippen LogP) is 2.64. The third-order valence-electron chi connectivity index (χ3n) is 1.15. The zero-order valence-electron chi connectivity index (χ0n) is 7.88. The van der Waals surface area contributed by atoms with Crippen molar-refractivity contribution >= 4 is 7.85 Å². The fourth-order valence-electron chi connectivity index (χ4n) is 0.650. The van der Waals surface area contributed by atoms with Gasteiger partial charge in [-0.05, 0) is 0 Å². The van der Waals surface area contributed by atoms with E-state index in [1.165, 1.54) is 5.56 Å². The SMILES string of the molecule is CCc1[c-]cccc1.[B]CC.[Y]. The van der Waals surface area contributed by atoms with Gasteiger partial charge in [-0.3, -0.25) is 0 Å². The van der Waals surface area contributed by atoms with Crippen LogP contribution in [0.15, 0.2) is 24.3 Å². The van der Waals surface area contributed by atoms with Crippen molar-refractivity contribution in [3.05, 3.63) is 35.9 Å². The minimum Gasteiger partial charge on any atom is -0.180 e. The molecule has 0 saturated carbocycles. The van der Waals surface area contributed by atoms with Crippen molar-refractivity contribution in [2.45, 2.75) is 26.6 Å². The molecule has 12 heavy (non-hydrogen) atoms. The molecule has 1 aromatic rings. The molecule has 0 saturated heterocycles. The van der Waals surface area contributed by atoms with Crippen LogP contribution in [0.5, 0.6) is 0 Å². The Morgan fingerprint density at radius 2 is 1.92 bits per heavy atom. The van der Waals surface area contributed by atoms with Crippen LogP contribution >= 0.6 is 0 Å². The zero-order chi connectivity index (χ0) is 8.53. The summed E-state index contributed by atoms with van der Waals surface area (Å²) >= 11 is 0. The van der Waals surface area contributed by atoms with E-state index in [1.807, 2.05) is 25.1 Å². The molecule has 0 aliphatic heterocycles. The van der Waals surface area contributed by atoms with Gasteiger partial charge in [0.15, 0.2) is 0 Å². The van der Waals surface area contributed by atoms with Gasteiger partial charge in [-0.25, -0.2) is 0 Å². The molecule has 0 aliphatic carbocycles. The van der Waals surface area contributed by atoms with Gasteiger partial charge in [-0.1, -0.05) is 26.6 Å². The van der Waals surface area contributed by atoms with Crippen LogP contribution in [-0.4, -0.2) is 7.85 Å². The van der Waals surface area contributed by atoms with Crippen LogP contribution in [-0.2, 0) is 39.1 Å². The van der Waals surface area contributed by atoms with Crippen molar-refractivity contribution in [1.82, 2.24) is 0 Å². The minimum atomic E-state index is 0. The summed E-state index contributed by atoms with van der Waals surface area (Å²) in [6.07, 6.45) is 1.83. The van der Waals surface area contributed by atoms with E-state index in [-0.39, 0.29) is 32.7 Å². The second-order valence-corrected chi connectivity index (χ2v) is 2.15. The molecule has 3 radical (unpaired) electrons. The Kier molecular flexibility index (Phi) is 14.1. The number of aryl methyl sites for hydroxylation is 1. The first-order valence-electron chi connectivity index (χ1n) is 4.00. The topological polar surface area (TPSA) is 0 Å². The van der Waals surface area contributed by atoms with E-state index in [0.29, 0.717) is 0 Å². The van der Waals surface area contributed by atoms with E-state index in [2.05, 4.69) is 19.1 Å². The minimum absolute atomic E-state index is 0. The van der Waals surface area contributed by atoms with Crippen molar-refractivity contribution in [2.24, 2.45) is 0 Å². The average Bonchev–Trinajstić information content (AvgIpc) is 2.08. The van der Waals surface area contributed by atoms with E-state index in [9.17, 15) is 0 Å². The molecule has 0 atom stereocenters. The normalized spacial score (nSPS) is 7.50. The summed E-state index contributed by atoms with van der Waals surface area (Å²) in [5.74, 6) is 0. The van der Waals surface area contributed by atoms with Crippen molar-refractivity contribution in [2.75, 3.05) is 0 Å². The van der Waals surface area contributed by atoms with Crippen molar-refractivity contribution in [3.63, 3.8) is 0 Å². The summed E-state index contributed by atoms with van der Waals surface area (Å²) in [6.45, 7) is 4.03. The summed E-state index contributed by atoms with van der Waals surface area (Å²) in [4.78, 5) is 0. The van der Waals surface area contributed by atoms with Crippen LogP contribution in [0.25, 0.3) is 0 Å². The van der Waals surface area contributed by atoms with Crippen molar-refractivity contribution in [3.8, 4) is 0 Å². The molecule has 2 heteroatoms. The zero-order valence-corrected chi connectivity index (χ0v) is 10.7. The molecule has 1 aromatic carbocycles. The van der Waals surface area contributed by atoms with Crippen molar-refractivity contribution in [1.29, 1.82) is 0 Å². The maximum atomic E-state index is 4.85. The number of rotatable bonds is 1. The molecule has 0 unspecified atom stereocenters. The van der Waals surface area contributed by atoms with Crippen LogP contribution in [0, 0.1) is 6.07 Å². The molecule has 0 spiro atoms. The van der Waals surface area contributed by atoms with Gasteiger partial charge in [-0.15, -0.1) is 0 Å². The second-order valence-electron chi connectivity index (χ2n) is 2.15. The van der Waals surface area contributed by atoms with Gasteiger partial charge in [0.1, 0.15) is 0 Å². The Balaban J connectivity index is 0. The molecular formula is C10H14BY-. The van der Waals surface area contributed by atoms with E-state index in [4.69, 9.17) is 7.85 Å². The maximum absolute atomic E-state index is 4.85. The van der Waals surface area contributed by atoms with Gasteiger partial charge >= 0.3 is 0 Å². The van der Waals surface area contributed by atoms with Crippen LogP contribution in [0.4, 0.5) is 0 Å².